The molecule has 2 rings (SSSR count). The molecule has 3 N–H and O–H groups in total. The lowest BCUT2D eigenvalue weighted by Gasteiger charge is -2.29. The third-order valence-corrected chi connectivity index (χ3v) is 2.86. The van der Waals surface area contributed by atoms with Gasteiger partial charge in [0.05, 0.1) is 12.2 Å². The summed E-state index contributed by atoms with van der Waals surface area (Å²) in [5, 5.41) is 2.63. The van der Waals surface area contributed by atoms with Crippen LogP contribution in [0.25, 0.3) is 0 Å². The standard InChI is InChI=1S/C11H18N4O2/c1-8-7-17-11(13-8)14-10(16)6-15-4-2-9(12)3-5-15/h7,9H,2-6,12H2,1H3,(H,13,14,16). The summed E-state index contributed by atoms with van der Waals surface area (Å²) >= 11 is 0. The number of aryl methyl sites for hydroxylation is 1. The number of oxazole rings is 1. The Balaban J connectivity index is 1.77. The molecule has 2 heterocycles. The predicted octanol–water partition coefficient (Wildman–Crippen LogP) is 0.345. The van der Waals surface area contributed by atoms with Crippen LogP contribution >= 0.6 is 0 Å². The molecule has 0 saturated carbocycles. The molecule has 1 aromatic rings. The summed E-state index contributed by atoms with van der Waals surface area (Å²) < 4.78 is 5.06. The lowest BCUT2D eigenvalue weighted by atomic mass is 10.1. The highest BCUT2D eigenvalue weighted by Crippen LogP contribution is 2.09. The largest absolute Gasteiger partial charge is 0.432 e. The number of nitrogens with one attached hydrogen (secondary N) is 1. The summed E-state index contributed by atoms with van der Waals surface area (Å²) in [6.45, 7) is 3.93. The first-order valence-corrected chi connectivity index (χ1v) is 5.83. The van der Waals surface area contributed by atoms with Crippen molar-refractivity contribution in [1.29, 1.82) is 0 Å². The van der Waals surface area contributed by atoms with Gasteiger partial charge in [-0.3, -0.25) is 15.0 Å². The van der Waals surface area contributed by atoms with Crippen molar-refractivity contribution >= 4 is 11.9 Å². The van der Waals surface area contributed by atoms with Crippen LogP contribution in [-0.4, -0.2) is 41.5 Å². The van der Waals surface area contributed by atoms with E-state index in [0.717, 1.165) is 31.6 Å². The molecule has 0 aliphatic carbocycles. The molecular formula is C11H18N4O2. The number of carbonyl (C=O) groups excluding carboxylic acids is 1. The van der Waals surface area contributed by atoms with E-state index in [2.05, 4.69) is 15.2 Å². The van der Waals surface area contributed by atoms with Gasteiger partial charge in [-0.15, -0.1) is 0 Å². The number of rotatable bonds is 3. The van der Waals surface area contributed by atoms with Crippen LogP contribution in [-0.2, 0) is 4.79 Å². The Morgan fingerprint density at radius 2 is 2.35 bits per heavy atom. The third kappa shape index (κ3) is 3.54. The molecule has 1 aromatic heterocycles. The van der Waals surface area contributed by atoms with Crippen molar-refractivity contribution < 1.29 is 9.21 Å². The van der Waals surface area contributed by atoms with Crippen LogP contribution in [0.3, 0.4) is 0 Å². The van der Waals surface area contributed by atoms with Crippen molar-refractivity contribution in [1.82, 2.24) is 9.88 Å². The van der Waals surface area contributed by atoms with Crippen molar-refractivity contribution in [3.05, 3.63) is 12.0 Å². The van der Waals surface area contributed by atoms with E-state index in [9.17, 15) is 4.79 Å². The van der Waals surface area contributed by atoms with Crippen LogP contribution in [0, 0.1) is 6.92 Å². The smallest absolute Gasteiger partial charge is 0.301 e. The first kappa shape index (κ1) is 12.1. The first-order chi connectivity index (χ1) is 8.13. The minimum Gasteiger partial charge on any atom is -0.432 e. The summed E-state index contributed by atoms with van der Waals surface area (Å²) in [7, 11) is 0. The zero-order chi connectivity index (χ0) is 12.3. The number of carbonyl (C=O) groups is 1. The van der Waals surface area contributed by atoms with Crippen molar-refractivity contribution in [2.45, 2.75) is 25.8 Å². The molecule has 0 bridgehead atoms. The summed E-state index contributed by atoms with van der Waals surface area (Å²) in [4.78, 5) is 17.8. The molecule has 17 heavy (non-hydrogen) atoms. The minimum atomic E-state index is -0.0951. The molecule has 0 atom stereocenters. The number of piperidine rings is 1. The van der Waals surface area contributed by atoms with Crippen LogP contribution in [0.4, 0.5) is 6.01 Å². The second kappa shape index (κ2) is 5.29. The Bertz CT molecular complexity index is 383. The molecule has 1 aliphatic rings. The molecule has 94 valence electrons. The van der Waals surface area contributed by atoms with Crippen LogP contribution in [0.1, 0.15) is 18.5 Å². The van der Waals surface area contributed by atoms with Gasteiger partial charge in [0.2, 0.25) is 5.91 Å². The fourth-order valence-electron chi connectivity index (χ4n) is 1.88. The number of hydrogen-bond donors (Lipinski definition) is 2. The van der Waals surface area contributed by atoms with Crippen LogP contribution in [0.5, 0.6) is 0 Å². The molecule has 1 amide bonds. The molecule has 1 saturated heterocycles. The van der Waals surface area contributed by atoms with E-state index in [1.807, 2.05) is 6.92 Å². The number of aromatic nitrogens is 1. The van der Waals surface area contributed by atoms with Crippen molar-refractivity contribution in [3.8, 4) is 0 Å². The molecular weight excluding hydrogens is 220 g/mol. The molecule has 0 unspecified atom stereocenters. The number of anilines is 1. The van der Waals surface area contributed by atoms with Crippen LogP contribution < -0.4 is 11.1 Å². The van der Waals surface area contributed by atoms with Crippen molar-refractivity contribution in [3.63, 3.8) is 0 Å². The lowest BCUT2D eigenvalue weighted by Crippen LogP contribution is -2.43. The van der Waals surface area contributed by atoms with Gasteiger partial charge in [-0.25, -0.2) is 0 Å². The fourth-order valence-corrected chi connectivity index (χ4v) is 1.88. The van der Waals surface area contributed by atoms with Gasteiger partial charge in [0.15, 0.2) is 0 Å². The zero-order valence-electron chi connectivity index (χ0n) is 9.98. The van der Waals surface area contributed by atoms with E-state index in [1.165, 1.54) is 6.26 Å². The van der Waals surface area contributed by atoms with E-state index in [4.69, 9.17) is 10.2 Å². The van der Waals surface area contributed by atoms with Crippen molar-refractivity contribution in [2.24, 2.45) is 5.73 Å². The Kier molecular flexibility index (Phi) is 3.75. The molecule has 6 heteroatoms. The SMILES string of the molecule is Cc1coc(NC(=O)CN2CCC(N)CC2)n1. The van der Waals surface area contributed by atoms with E-state index < -0.39 is 0 Å². The number of hydrogen-bond acceptors (Lipinski definition) is 5. The molecule has 0 spiro atoms. The quantitative estimate of drug-likeness (QED) is 0.793. The predicted molar refractivity (Wildman–Crippen MR) is 63.5 cm³/mol. The monoisotopic (exact) mass is 238 g/mol. The number of nitrogens with two attached hydrogens (primary N) is 1. The van der Waals surface area contributed by atoms with Gasteiger partial charge in [0.25, 0.3) is 0 Å². The summed E-state index contributed by atoms with van der Waals surface area (Å²) in [6, 6.07) is 0.546. The van der Waals surface area contributed by atoms with E-state index in [0.29, 0.717) is 6.54 Å². The Morgan fingerprint density at radius 3 is 2.94 bits per heavy atom. The van der Waals surface area contributed by atoms with E-state index in [1.54, 1.807) is 0 Å². The highest BCUT2D eigenvalue weighted by atomic mass is 16.4. The van der Waals surface area contributed by atoms with Gasteiger partial charge in [0, 0.05) is 19.1 Å². The Labute approximate surface area is 100 Å². The number of nitrogens with zero attached hydrogens (tertiary/aromatic N) is 2. The molecule has 1 fully saturated rings. The second-order valence-electron chi connectivity index (χ2n) is 4.46. The fraction of sp³-hybridized carbons (Fsp3) is 0.636. The Hall–Kier alpha value is -1.40. The normalized spacial score (nSPS) is 18.2. The number of likely N-dealkylation sites (tertiary alicyclic amines) is 1. The summed E-state index contributed by atoms with van der Waals surface area (Å²) in [5.74, 6) is -0.0951. The average molecular weight is 238 g/mol. The molecule has 0 aromatic carbocycles. The van der Waals surface area contributed by atoms with E-state index >= 15 is 0 Å². The molecule has 1 aliphatic heterocycles. The van der Waals surface area contributed by atoms with Gasteiger partial charge in [-0.05, 0) is 19.8 Å². The third-order valence-electron chi connectivity index (χ3n) is 2.86. The highest BCUT2D eigenvalue weighted by molar-refractivity contribution is 5.90. The molecule has 0 radical (unpaired) electrons. The maximum Gasteiger partial charge on any atom is 0.301 e. The van der Waals surface area contributed by atoms with Gasteiger partial charge < -0.3 is 10.2 Å². The maximum absolute atomic E-state index is 11.7. The van der Waals surface area contributed by atoms with E-state index in [-0.39, 0.29) is 18.0 Å². The van der Waals surface area contributed by atoms with Crippen molar-refractivity contribution in [2.75, 3.05) is 25.0 Å². The van der Waals surface area contributed by atoms with Gasteiger partial charge >= 0.3 is 6.01 Å². The topological polar surface area (TPSA) is 84.4 Å². The summed E-state index contributed by atoms with van der Waals surface area (Å²) in [5.41, 5.74) is 6.56. The van der Waals surface area contributed by atoms with Crippen LogP contribution in [0.15, 0.2) is 10.7 Å². The highest BCUT2D eigenvalue weighted by Gasteiger charge is 2.18. The van der Waals surface area contributed by atoms with Gasteiger partial charge in [-0.2, -0.15) is 4.98 Å². The lowest BCUT2D eigenvalue weighted by molar-refractivity contribution is -0.117. The second-order valence-corrected chi connectivity index (χ2v) is 4.46. The average Bonchev–Trinajstić information content (AvgIpc) is 2.67. The minimum absolute atomic E-state index is 0.0951. The van der Waals surface area contributed by atoms with Gasteiger partial charge in [-0.1, -0.05) is 0 Å². The molecule has 6 nitrogen and oxygen atoms in total. The number of amides is 1. The zero-order valence-corrected chi connectivity index (χ0v) is 9.98. The van der Waals surface area contributed by atoms with Crippen LogP contribution in [0.2, 0.25) is 0 Å². The Morgan fingerprint density at radius 1 is 1.65 bits per heavy atom. The maximum atomic E-state index is 11.7. The summed E-state index contributed by atoms with van der Waals surface area (Å²) in [6.07, 6.45) is 3.41. The first-order valence-electron chi connectivity index (χ1n) is 5.83. The van der Waals surface area contributed by atoms with Gasteiger partial charge in [0.1, 0.15) is 6.26 Å².